The Morgan fingerprint density at radius 2 is 2.08 bits per heavy atom. The Hall–Kier alpha value is -2.37. The van der Waals surface area contributed by atoms with Crippen molar-refractivity contribution >= 4 is 5.96 Å². The summed E-state index contributed by atoms with van der Waals surface area (Å²) in [6.07, 6.45) is 3.17. The van der Waals surface area contributed by atoms with Crippen molar-refractivity contribution in [3.8, 4) is 0 Å². The molecule has 1 unspecified atom stereocenters. The van der Waals surface area contributed by atoms with Crippen LogP contribution in [0, 0.1) is 12.3 Å². The second-order valence-corrected chi connectivity index (χ2v) is 7.83. The maximum atomic E-state index is 4.59. The summed E-state index contributed by atoms with van der Waals surface area (Å²) in [5.41, 5.74) is 1.49. The molecule has 2 heterocycles. The van der Waals surface area contributed by atoms with E-state index in [4.69, 9.17) is 0 Å². The quantitative estimate of drug-likeness (QED) is 0.640. The molecule has 2 N–H and O–H groups in total. The molecule has 140 valence electrons. The summed E-state index contributed by atoms with van der Waals surface area (Å²) >= 11 is 0. The SMILES string of the molecule is CN=C(NCC(C)(C)Cc1ccccc1)NC1CCCn2nc(C)nc21. The van der Waals surface area contributed by atoms with Crippen LogP contribution in [0.5, 0.6) is 0 Å². The minimum atomic E-state index is 0.127. The third kappa shape index (κ3) is 4.62. The van der Waals surface area contributed by atoms with Gasteiger partial charge in [0.15, 0.2) is 5.96 Å². The molecule has 0 bridgehead atoms. The number of guanidine groups is 1. The van der Waals surface area contributed by atoms with Gasteiger partial charge in [0.1, 0.15) is 11.6 Å². The van der Waals surface area contributed by atoms with E-state index in [1.165, 1.54) is 5.56 Å². The maximum absolute atomic E-state index is 4.59. The van der Waals surface area contributed by atoms with Crippen molar-refractivity contribution < 1.29 is 0 Å². The Morgan fingerprint density at radius 1 is 1.31 bits per heavy atom. The minimum absolute atomic E-state index is 0.127. The van der Waals surface area contributed by atoms with Crippen LogP contribution in [0.15, 0.2) is 35.3 Å². The number of aryl methyl sites for hydroxylation is 2. The van der Waals surface area contributed by atoms with Crippen LogP contribution in [0.4, 0.5) is 0 Å². The van der Waals surface area contributed by atoms with Crippen molar-refractivity contribution in [1.82, 2.24) is 25.4 Å². The van der Waals surface area contributed by atoms with Crippen molar-refractivity contribution in [3.05, 3.63) is 47.5 Å². The number of rotatable bonds is 5. The van der Waals surface area contributed by atoms with Gasteiger partial charge in [0.2, 0.25) is 0 Å². The zero-order valence-corrected chi connectivity index (χ0v) is 16.3. The van der Waals surface area contributed by atoms with Gasteiger partial charge in [-0.3, -0.25) is 4.99 Å². The van der Waals surface area contributed by atoms with E-state index in [0.717, 1.165) is 50.0 Å². The molecule has 1 atom stereocenters. The number of benzene rings is 1. The number of hydrogen-bond donors (Lipinski definition) is 2. The number of hydrogen-bond acceptors (Lipinski definition) is 3. The lowest BCUT2D eigenvalue weighted by molar-refractivity contribution is 0.354. The fourth-order valence-electron chi connectivity index (χ4n) is 3.50. The molecular weight excluding hydrogens is 324 g/mol. The molecule has 0 saturated carbocycles. The number of aromatic nitrogens is 3. The highest BCUT2D eigenvalue weighted by Crippen LogP contribution is 2.23. The van der Waals surface area contributed by atoms with Crippen LogP contribution in [0.2, 0.25) is 0 Å². The van der Waals surface area contributed by atoms with Crippen LogP contribution in [0.1, 0.15) is 49.9 Å². The third-order valence-electron chi connectivity index (χ3n) is 4.78. The lowest BCUT2D eigenvalue weighted by Crippen LogP contribution is -2.45. The topological polar surface area (TPSA) is 67.1 Å². The molecule has 3 rings (SSSR count). The Bertz CT molecular complexity index is 747. The van der Waals surface area contributed by atoms with Crippen LogP contribution >= 0.6 is 0 Å². The van der Waals surface area contributed by atoms with Gasteiger partial charge in [-0.15, -0.1) is 0 Å². The first-order chi connectivity index (χ1) is 12.5. The van der Waals surface area contributed by atoms with Crippen LogP contribution in [0.25, 0.3) is 0 Å². The summed E-state index contributed by atoms with van der Waals surface area (Å²) in [5, 5.41) is 11.5. The predicted molar refractivity (Wildman–Crippen MR) is 105 cm³/mol. The summed E-state index contributed by atoms with van der Waals surface area (Å²) in [7, 11) is 1.82. The monoisotopic (exact) mass is 354 g/mol. The summed E-state index contributed by atoms with van der Waals surface area (Å²) in [5.74, 6) is 2.67. The molecule has 0 amide bonds. The van der Waals surface area contributed by atoms with Gasteiger partial charge in [0.25, 0.3) is 0 Å². The maximum Gasteiger partial charge on any atom is 0.191 e. The van der Waals surface area contributed by atoms with Crippen LogP contribution in [-0.2, 0) is 13.0 Å². The molecule has 6 heteroatoms. The molecule has 2 aromatic rings. The van der Waals surface area contributed by atoms with Gasteiger partial charge in [-0.2, -0.15) is 5.10 Å². The molecule has 0 saturated heterocycles. The molecule has 0 aliphatic carbocycles. The van der Waals surface area contributed by atoms with Gasteiger partial charge in [-0.1, -0.05) is 44.2 Å². The summed E-state index contributed by atoms with van der Waals surface area (Å²) < 4.78 is 2.02. The average molecular weight is 355 g/mol. The number of nitrogens with zero attached hydrogens (tertiary/aromatic N) is 4. The Morgan fingerprint density at radius 3 is 2.81 bits per heavy atom. The van der Waals surface area contributed by atoms with E-state index in [9.17, 15) is 0 Å². The highest BCUT2D eigenvalue weighted by molar-refractivity contribution is 5.80. The molecule has 0 spiro atoms. The van der Waals surface area contributed by atoms with E-state index in [0.29, 0.717) is 0 Å². The third-order valence-corrected chi connectivity index (χ3v) is 4.78. The first kappa shape index (κ1) is 18.4. The fourth-order valence-corrected chi connectivity index (χ4v) is 3.50. The minimum Gasteiger partial charge on any atom is -0.356 e. The van der Waals surface area contributed by atoms with E-state index in [-0.39, 0.29) is 11.5 Å². The van der Waals surface area contributed by atoms with Gasteiger partial charge in [0, 0.05) is 20.1 Å². The van der Waals surface area contributed by atoms with E-state index >= 15 is 0 Å². The number of aliphatic imine (C=N–C) groups is 1. The number of fused-ring (bicyclic) bond motifs is 1. The van der Waals surface area contributed by atoms with E-state index in [1.54, 1.807) is 0 Å². The van der Waals surface area contributed by atoms with Crippen molar-refractivity contribution in [3.63, 3.8) is 0 Å². The zero-order chi connectivity index (χ0) is 18.6. The smallest absolute Gasteiger partial charge is 0.191 e. The number of nitrogens with one attached hydrogen (secondary N) is 2. The highest BCUT2D eigenvalue weighted by atomic mass is 15.4. The lowest BCUT2D eigenvalue weighted by atomic mass is 9.86. The first-order valence-corrected chi connectivity index (χ1v) is 9.39. The van der Waals surface area contributed by atoms with Gasteiger partial charge in [-0.05, 0) is 37.2 Å². The molecule has 26 heavy (non-hydrogen) atoms. The fraction of sp³-hybridized carbons (Fsp3) is 0.550. The van der Waals surface area contributed by atoms with Crippen molar-refractivity contribution in [2.24, 2.45) is 10.4 Å². The summed E-state index contributed by atoms with van der Waals surface area (Å²) in [6.45, 7) is 8.30. The summed E-state index contributed by atoms with van der Waals surface area (Å²) in [4.78, 5) is 9.00. The standard InChI is InChI=1S/C20H30N6/c1-15-23-18-17(11-8-12-26(18)25-15)24-19(21-4)22-14-20(2,3)13-16-9-6-5-7-10-16/h5-7,9-10,17H,8,11-14H2,1-4H3,(H2,21,22,24). The summed E-state index contributed by atoms with van der Waals surface area (Å²) in [6, 6.07) is 10.8. The molecule has 0 fully saturated rings. The average Bonchev–Trinajstić information content (AvgIpc) is 3.00. The Kier molecular flexibility index (Phi) is 5.59. The van der Waals surface area contributed by atoms with Crippen LogP contribution in [-0.4, -0.2) is 34.3 Å². The van der Waals surface area contributed by atoms with Crippen molar-refractivity contribution in [1.29, 1.82) is 0 Å². The first-order valence-electron chi connectivity index (χ1n) is 9.39. The van der Waals surface area contributed by atoms with E-state index in [2.05, 4.69) is 69.9 Å². The second kappa shape index (κ2) is 7.89. The zero-order valence-electron chi connectivity index (χ0n) is 16.3. The Labute approximate surface area is 156 Å². The van der Waals surface area contributed by atoms with Gasteiger partial charge >= 0.3 is 0 Å². The van der Waals surface area contributed by atoms with Gasteiger partial charge < -0.3 is 10.6 Å². The van der Waals surface area contributed by atoms with Crippen LogP contribution < -0.4 is 10.6 Å². The molecule has 6 nitrogen and oxygen atoms in total. The van der Waals surface area contributed by atoms with E-state index < -0.39 is 0 Å². The Balaban J connectivity index is 1.58. The molecule has 0 radical (unpaired) electrons. The van der Waals surface area contributed by atoms with Crippen molar-refractivity contribution in [2.45, 2.75) is 52.6 Å². The van der Waals surface area contributed by atoms with E-state index in [1.807, 2.05) is 18.7 Å². The van der Waals surface area contributed by atoms with Crippen molar-refractivity contribution in [2.75, 3.05) is 13.6 Å². The largest absolute Gasteiger partial charge is 0.356 e. The second-order valence-electron chi connectivity index (χ2n) is 7.83. The molecular formula is C20H30N6. The molecule has 1 aliphatic heterocycles. The highest BCUT2D eigenvalue weighted by Gasteiger charge is 2.25. The normalized spacial score (nSPS) is 17.7. The van der Waals surface area contributed by atoms with Gasteiger partial charge in [0.05, 0.1) is 6.04 Å². The molecule has 1 aromatic carbocycles. The van der Waals surface area contributed by atoms with Crippen LogP contribution in [0.3, 0.4) is 0 Å². The molecule has 1 aliphatic rings. The molecule has 1 aromatic heterocycles. The predicted octanol–water partition coefficient (Wildman–Crippen LogP) is 2.86. The lowest BCUT2D eigenvalue weighted by Gasteiger charge is -2.29. The van der Waals surface area contributed by atoms with Gasteiger partial charge in [-0.25, -0.2) is 9.67 Å².